The zero-order chi connectivity index (χ0) is 17.3. The van der Waals surface area contributed by atoms with E-state index >= 15 is 0 Å². The van der Waals surface area contributed by atoms with Crippen LogP contribution in [0.15, 0.2) is 53.4 Å². The molecule has 0 unspecified atom stereocenters. The summed E-state index contributed by atoms with van der Waals surface area (Å²) in [6, 6.07) is 11.7. The number of sulfonamides is 1. The molecule has 0 radical (unpaired) electrons. The van der Waals surface area contributed by atoms with Crippen molar-refractivity contribution in [3.63, 3.8) is 0 Å². The van der Waals surface area contributed by atoms with Gasteiger partial charge in [-0.3, -0.25) is 4.72 Å². The lowest BCUT2D eigenvalue weighted by molar-refractivity contribution is 0.0696. The van der Waals surface area contributed by atoms with Gasteiger partial charge in [-0.2, -0.15) is 0 Å². The van der Waals surface area contributed by atoms with Crippen LogP contribution in [0.25, 0.3) is 11.0 Å². The number of fused-ring (bicyclic) bond motifs is 1. The molecule has 0 aliphatic carbocycles. The fraction of sp³-hybridized carbons (Fsp3) is 0. The summed E-state index contributed by atoms with van der Waals surface area (Å²) in [7, 11) is -3.98. The quantitative estimate of drug-likeness (QED) is 0.737. The van der Waals surface area contributed by atoms with Gasteiger partial charge < -0.3 is 5.11 Å². The number of nitrogens with zero attached hydrogens (tertiary/aromatic N) is 2. The number of carboxylic acid groups (broad SMARTS) is 1. The number of carbonyl (C=O) groups is 1. The molecule has 7 nitrogen and oxygen atoms in total. The monoisotopic (exact) mass is 363 g/mol. The fourth-order valence-corrected chi connectivity index (χ4v) is 3.25. The zero-order valence-corrected chi connectivity index (χ0v) is 13.5. The Morgan fingerprint density at radius 3 is 2.17 bits per heavy atom. The Morgan fingerprint density at radius 2 is 1.58 bits per heavy atom. The van der Waals surface area contributed by atoms with Crippen molar-refractivity contribution in [2.24, 2.45) is 0 Å². The van der Waals surface area contributed by atoms with Gasteiger partial charge in [-0.1, -0.05) is 23.7 Å². The Morgan fingerprint density at radius 1 is 1.00 bits per heavy atom. The van der Waals surface area contributed by atoms with E-state index in [1.54, 1.807) is 24.3 Å². The van der Waals surface area contributed by atoms with E-state index in [4.69, 9.17) is 16.7 Å². The van der Waals surface area contributed by atoms with Crippen LogP contribution in [-0.2, 0) is 10.0 Å². The van der Waals surface area contributed by atoms with E-state index < -0.39 is 16.0 Å². The molecule has 2 aromatic carbocycles. The van der Waals surface area contributed by atoms with E-state index in [1.165, 1.54) is 24.3 Å². The number of aromatic carboxylic acids is 1. The van der Waals surface area contributed by atoms with Crippen LogP contribution in [0.3, 0.4) is 0 Å². The third-order valence-corrected chi connectivity index (χ3v) is 4.79. The third-order valence-electron chi connectivity index (χ3n) is 3.17. The maximum absolute atomic E-state index is 12.4. The van der Waals surface area contributed by atoms with Crippen molar-refractivity contribution in [3.05, 3.63) is 59.2 Å². The lowest BCUT2D eigenvalue weighted by Crippen LogP contribution is -2.15. The molecule has 3 aromatic rings. The first-order chi connectivity index (χ1) is 11.4. The molecular weight excluding hydrogens is 354 g/mol. The number of aromatic nitrogens is 2. The summed E-state index contributed by atoms with van der Waals surface area (Å²) >= 11 is 5.99. The summed E-state index contributed by atoms with van der Waals surface area (Å²) in [5.74, 6) is -1.24. The highest BCUT2D eigenvalue weighted by atomic mass is 35.5. The molecule has 0 saturated carbocycles. The zero-order valence-electron chi connectivity index (χ0n) is 12.0. The van der Waals surface area contributed by atoms with Gasteiger partial charge in [0.2, 0.25) is 0 Å². The molecule has 0 atom stereocenters. The van der Waals surface area contributed by atoms with E-state index in [1.807, 2.05) is 0 Å². The highest BCUT2D eigenvalue weighted by Crippen LogP contribution is 2.24. The SMILES string of the molecule is O=C(O)c1ccc(S(=O)(=O)Nc2nc3ccccc3nc2Cl)cc1. The molecule has 0 saturated heterocycles. The molecule has 122 valence electrons. The summed E-state index contributed by atoms with van der Waals surface area (Å²) < 4.78 is 27.0. The summed E-state index contributed by atoms with van der Waals surface area (Å²) in [5.41, 5.74) is 1.01. The van der Waals surface area contributed by atoms with Gasteiger partial charge in [0.05, 0.1) is 21.5 Å². The van der Waals surface area contributed by atoms with E-state index in [0.717, 1.165) is 0 Å². The molecule has 0 bridgehead atoms. The molecule has 24 heavy (non-hydrogen) atoms. The van der Waals surface area contributed by atoms with Crippen LogP contribution in [-0.4, -0.2) is 29.5 Å². The summed E-state index contributed by atoms with van der Waals surface area (Å²) in [5, 5.41) is 8.77. The minimum absolute atomic E-state index is 0.0162. The van der Waals surface area contributed by atoms with Crippen molar-refractivity contribution >= 4 is 44.4 Å². The second kappa shape index (κ2) is 6.06. The van der Waals surface area contributed by atoms with Gasteiger partial charge >= 0.3 is 5.97 Å². The number of hydrogen-bond acceptors (Lipinski definition) is 5. The van der Waals surface area contributed by atoms with Gasteiger partial charge in [0, 0.05) is 0 Å². The molecule has 1 aromatic heterocycles. The van der Waals surface area contributed by atoms with E-state index in [-0.39, 0.29) is 21.4 Å². The molecule has 2 N–H and O–H groups in total. The number of anilines is 1. The Hall–Kier alpha value is -2.71. The Kier molecular flexibility index (Phi) is 4.08. The maximum atomic E-state index is 12.4. The second-order valence-corrected chi connectivity index (χ2v) is 6.83. The first-order valence-corrected chi connectivity index (χ1v) is 8.51. The molecule has 0 spiro atoms. The standard InChI is InChI=1S/C15H10ClN3O4S/c16-13-14(18-12-4-2-1-3-11(12)17-13)19-24(22,23)10-7-5-9(6-8-10)15(20)21/h1-8H,(H,18,19)(H,20,21). The number of nitrogens with one attached hydrogen (secondary N) is 1. The van der Waals surface area contributed by atoms with Crippen molar-refractivity contribution in [1.29, 1.82) is 0 Å². The lowest BCUT2D eigenvalue weighted by Gasteiger charge is -2.09. The second-order valence-electron chi connectivity index (χ2n) is 4.79. The largest absolute Gasteiger partial charge is 0.478 e. The molecule has 0 aliphatic heterocycles. The Labute approximate surface area is 142 Å². The van der Waals surface area contributed by atoms with Crippen molar-refractivity contribution in [3.8, 4) is 0 Å². The molecule has 3 rings (SSSR count). The van der Waals surface area contributed by atoms with Crippen LogP contribution >= 0.6 is 11.6 Å². The van der Waals surface area contributed by atoms with Crippen molar-refractivity contribution < 1.29 is 18.3 Å². The van der Waals surface area contributed by atoms with Crippen LogP contribution in [0, 0.1) is 0 Å². The predicted octanol–water partition coefficient (Wildman–Crippen LogP) is 2.78. The van der Waals surface area contributed by atoms with Gasteiger partial charge in [0.25, 0.3) is 10.0 Å². The van der Waals surface area contributed by atoms with Crippen LogP contribution in [0.2, 0.25) is 5.15 Å². The predicted molar refractivity (Wildman–Crippen MR) is 88.8 cm³/mol. The molecule has 9 heteroatoms. The van der Waals surface area contributed by atoms with Gasteiger partial charge in [0.1, 0.15) is 0 Å². The Balaban J connectivity index is 1.97. The van der Waals surface area contributed by atoms with Gasteiger partial charge in [-0.05, 0) is 36.4 Å². The summed E-state index contributed by atoms with van der Waals surface area (Å²) in [4.78, 5) is 19.0. The van der Waals surface area contributed by atoms with Gasteiger partial charge in [-0.25, -0.2) is 23.2 Å². The number of carboxylic acids is 1. The highest BCUT2D eigenvalue weighted by Gasteiger charge is 2.18. The van der Waals surface area contributed by atoms with Crippen molar-refractivity contribution in [2.45, 2.75) is 4.90 Å². The number of rotatable bonds is 4. The minimum atomic E-state index is -3.98. The highest BCUT2D eigenvalue weighted by molar-refractivity contribution is 7.92. The molecule has 0 aliphatic rings. The first-order valence-electron chi connectivity index (χ1n) is 6.65. The first kappa shape index (κ1) is 16.2. The minimum Gasteiger partial charge on any atom is -0.478 e. The van der Waals surface area contributed by atoms with E-state index in [0.29, 0.717) is 11.0 Å². The topological polar surface area (TPSA) is 109 Å². The van der Waals surface area contributed by atoms with Crippen molar-refractivity contribution in [2.75, 3.05) is 4.72 Å². The van der Waals surface area contributed by atoms with Crippen LogP contribution in [0.4, 0.5) is 5.82 Å². The number of halogens is 1. The van der Waals surface area contributed by atoms with E-state index in [2.05, 4.69) is 14.7 Å². The smallest absolute Gasteiger partial charge is 0.335 e. The van der Waals surface area contributed by atoms with Gasteiger partial charge in [-0.15, -0.1) is 0 Å². The van der Waals surface area contributed by atoms with Crippen LogP contribution < -0.4 is 4.72 Å². The fourth-order valence-electron chi connectivity index (χ4n) is 2.01. The van der Waals surface area contributed by atoms with E-state index in [9.17, 15) is 13.2 Å². The lowest BCUT2D eigenvalue weighted by atomic mass is 10.2. The summed E-state index contributed by atoms with van der Waals surface area (Å²) in [6.07, 6.45) is 0. The number of hydrogen-bond donors (Lipinski definition) is 2. The van der Waals surface area contributed by atoms with Crippen LogP contribution in [0.5, 0.6) is 0 Å². The molecule has 0 fully saturated rings. The van der Waals surface area contributed by atoms with Gasteiger partial charge in [0.15, 0.2) is 11.0 Å². The number of para-hydroxylation sites is 2. The maximum Gasteiger partial charge on any atom is 0.335 e. The molecule has 1 heterocycles. The molecule has 0 amide bonds. The third kappa shape index (κ3) is 3.15. The average molecular weight is 364 g/mol. The average Bonchev–Trinajstić information content (AvgIpc) is 2.55. The normalized spacial score (nSPS) is 11.4. The number of benzene rings is 2. The molecular formula is C15H10ClN3O4S. The van der Waals surface area contributed by atoms with Crippen molar-refractivity contribution in [1.82, 2.24) is 9.97 Å². The summed E-state index contributed by atoms with van der Waals surface area (Å²) in [6.45, 7) is 0. The Bertz CT molecular complexity index is 1040. The van der Waals surface area contributed by atoms with Crippen LogP contribution in [0.1, 0.15) is 10.4 Å².